The molecule has 0 heterocycles. The molecule has 5 nitrogen and oxygen atoms in total. The lowest BCUT2D eigenvalue weighted by Crippen LogP contribution is -2.31. The molecule has 1 amide bonds. The molecule has 0 aliphatic carbocycles. The predicted molar refractivity (Wildman–Crippen MR) is 99.6 cm³/mol. The summed E-state index contributed by atoms with van der Waals surface area (Å²) in [5.74, 6) is -0.828. The van der Waals surface area contributed by atoms with Crippen LogP contribution in [0.15, 0.2) is 42.1 Å². The van der Waals surface area contributed by atoms with Gasteiger partial charge in [-0.2, -0.15) is 0 Å². The van der Waals surface area contributed by atoms with E-state index in [1.165, 1.54) is 6.07 Å². The maximum atomic E-state index is 14.3. The Morgan fingerprint density at radius 3 is 2.52 bits per heavy atom. The van der Waals surface area contributed by atoms with Crippen LogP contribution in [-0.2, 0) is 4.79 Å². The van der Waals surface area contributed by atoms with Crippen LogP contribution in [-0.4, -0.2) is 12.5 Å². The first kappa shape index (κ1) is 18.3. The standard InChI is InChI=1S/C19H23FN4O/c1-3-9-24-19(25)18(23)17(22)14-6-4-5-13(16(14)21)12-8-7-11(2)10-15(12)20/h4-8,10H,3,9,21-23H2,1-2H3,(H,24,25)/b18-17+. The van der Waals surface area contributed by atoms with Crippen molar-refractivity contribution in [3.8, 4) is 11.1 Å². The van der Waals surface area contributed by atoms with E-state index in [0.29, 0.717) is 23.2 Å². The third-order valence-electron chi connectivity index (χ3n) is 3.88. The highest BCUT2D eigenvalue weighted by Gasteiger charge is 2.16. The topological polar surface area (TPSA) is 107 Å². The number of amides is 1. The van der Waals surface area contributed by atoms with Crippen LogP contribution in [0.1, 0.15) is 24.5 Å². The van der Waals surface area contributed by atoms with Crippen LogP contribution in [0, 0.1) is 12.7 Å². The molecule has 2 aromatic rings. The molecule has 132 valence electrons. The molecule has 25 heavy (non-hydrogen) atoms. The summed E-state index contributed by atoms with van der Waals surface area (Å²) in [6.07, 6.45) is 0.781. The maximum Gasteiger partial charge on any atom is 0.269 e. The van der Waals surface area contributed by atoms with Gasteiger partial charge >= 0.3 is 0 Å². The Labute approximate surface area is 146 Å². The average Bonchev–Trinajstić information content (AvgIpc) is 2.59. The molecule has 0 spiro atoms. The summed E-state index contributed by atoms with van der Waals surface area (Å²) in [4.78, 5) is 12.0. The van der Waals surface area contributed by atoms with Crippen LogP contribution in [0.3, 0.4) is 0 Å². The number of anilines is 1. The van der Waals surface area contributed by atoms with Crippen LogP contribution in [0.5, 0.6) is 0 Å². The number of hydrogen-bond acceptors (Lipinski definition) is 4. The van der Waals surface area contributed by atoms with Crippen molar-refractivity contribution < 1.29 is 9.18 Å². The van der Waals surface area contributed by atoms with Crippen LogP contribution >= 0.6 is 0 Å². The van der Waals surface area contributed by atoms with E-state index in [-0.39, 0.29) is 22.9 Å². The lowest BCUT2D eigenvalue weighted by molar-refractivity contribution is -0.117. The van der Waals surface area contributed by atoms with E-state index >= 15 is 0 Å². The minimum Gasteiger partial charge on any atom is -0.398 e. The Morgan fingerprint density at radius 1 is 1.16 bits per heavy atom. The minimum atomic E-state index is -0.453. The molecule has 6 heteroatoms. The van der Waals surface area contributed by atoms with E-state index < -0.39 is 5.91 Å². The van der Waals surface area contributed by atoms with Crippen LogP contribution in [0.25, 0.3) is 16.8 Å². The molecule has 2 rings (SSSR count). The molecule has 0 unspecified atom stereocenters. The molecule has 0 bridgehead atoms. The smallest absolute Gasteiger partial charge is 0.269 e. The first-order chi connectivity index (χ1) is 11.9. The molecule has 0 aromatic heterocycles. The van der Waals surface area contributed by atoms with Gasteiger partial charge in [-0.3, -0.25) is 4.79 Å². The second-order valence-electron chi connectivity index (χ2n) is 5.83. The van der Waals surface area contributed by atoms with Gasteiger partial charge in [0.2, 0.25) is 0 Å². The number of nitrogens with one attached hydrogen (secondary N) is 1. The molecular formula is C19H23FN4O. The van der Waals surface area contributed by atoms with Crippen LogP contribution in [0.2, 0.25) is 0 Å². The molecule has 0 aliphatic heterocycles. The zero-order chi connectivity index (χ0) is 18.6. The summed E-state index contributed by atoms with van der Waals surface area (Å²) in [6.45, 7) is 4.24. The third kappa shape index (κ3) is 3.91. The van der Waals surface area contributed by atoms with E-state index in [0.717, 1.165) is 12.0 Å². The molecule has 0 saturated carbocycles. The molecule has 0 atom stereocenters. The molecule has 7 N–H and O–H groups in total. The number of halogens is 1. The lowest BCUT2D eigenvalue weighted by Gasteiger charge is -2.14. The number of nitrogen functional groups attached to an aromatic ring is 1. The van der Waals surface area contributed by atoms with Crippen molar-refractivity contribution in [1.29, 1.82) is 0 Å². The molecule has 0 radical (unpaired) electrons. The van der Waals surface area contributed by atoms with Crippen LogP contribution in [0.4, 0.5) is 10.1 Å². The van der Waals surface area contributed by atoms with Gasteiger partial charge < -0.3 is 22.5 Å². The number of aryl methyl sites for hydroxylation is 1. The first-order valence-electron chi connectivity index (χ1n) is 8.05. The normalized spacial score (nSPS) is 11.8. The summed E-state index contributed by atoms with van der Waals surface area (Å²) in [5.41, 5.74) is 20.4. The zero-order valence-corrected chi connectivity index (χ0v) is 14.4. The van der Waals surface area contributed by atoms with E-state index in [1.807, 2.05) is 13.8 Å². The Kier molecular flexibility index (Phi) is 5.64. The van der Waals surface area contributed by atoms with E-state index in [1.54, 1.807) is 30.3 Å². The molecule has 0 aliphatic rings. The van der Waals surface area contributed by atoms with Gasteiger partial charge in [0.15, 0.2) is 0 Å². The fourth-order valence-electron chi connectivity index (χ4n) is 2.47. The number of rotatable bonds is 5. The van der Waals surface area contributed by atoms with Gasteiger partial charge in [-0.15, -0.1) is 0 Å². The second kappa shape index (κ2) is 7.70. The number of benzene rings is 2. The van der Waals surface area contributed by atoms with Crippen molar-refractivity contribution in [2.24, 2.45) is 11.5 Å². The predicted octanol–water partition coefficient (Wildman–Crippen LogP) is 2.50. The first-order valence-corrected chi connectivity index (χ1v) is 8.05. The van der Waals surface area contributed by atoms with Gasteiger partial charge in [0.05, 0.1) is 5.70 Å². The second-order valence-corrected chi connectivity index (χ2v) is 5.83. The summed E-state index contributed by atoms with van der Waals surface area (Å²) in [5, 5.41) is 2.66. The van der Waals surface area contributed by atoms with Crippen molar-refractivity contribution in [2.75, 3.05) is 12.3 Å². The van der Waals surface area contributed by atoms with Crippen molar-refractivity contribution in [1.82, 2.24) is 5.32 Å². The highest BCUT2D eigenvalue weighted by Crippen LogP contribution is 2.33. The van der Waals surface area contributed by atoms with Crippen molar-refractivity contribution in [3.63, 3.8) is 0 Å². The highest BCUT2D eigenvalue weighted by atomic mass is 19.1. The maximum absolute atomic E-state index is 14.3. The zero-order valence-electron chi connectivity index (χ0n) is 14.4. The van der Waals surface area contributed by atoms with Gasteiger partial charge in [0.1, 0.15) is 11.5 Å². The van der Waals surface area contributed by atoms with Crippen molar-refractivity contribution in [3.05, 3.63) is 59.0 Å². The van der Waals surface area contributed by atoms with Crippen LogP contribution < -0.4 is 22.5 Å². The Hall–Kier alpha value is -3.02. The number of carbonyl (C=O) groups is 1. The van der Waals surface area contributed by atoms with Crippen molar-refractivity contribution >= 4 is 17.3 Å². The summed E-state index contributed by atoms with van der Waals surface area (Å²) in [7, 11) is 0. The molecule has 0 fully saturated rings. The average molecular weight is 342 g/mol. The van der Waals surface area contributed by atoms with Crippen molar-refractivity contribution in [2.45, 2.75) is 20.3 Å². The lowest BCUT2D eigenvalue weighted by atomic mass is 9.97. The monoisotopic (exact) mass is 342 g/mol. The van der Waals surface area contributed by atoms with E-state index in [2.05, 4.69) is 5.32 Å². The Bertz CT molecular complexity index is 830. The SMILES string of the molecule is CCCNC(=O)/C(N)=C(\N)c1cccc(-c2ccc(C)cc2F)c1N. The number of carbonyl (C=O) groups excluding carboxylic acids is 1. The minimum absolute atomic E-state index is 0.0699. The quantitative estimate of drug-likeness (QED) is 0.494. The Morgan fingerprint density at radius 2 is 1.88 bits per heavy atom. The van der Waals surface area contributed by atoms with E-state index in [4.69, 9.17) is 17.2 Å². The van der Waals surface area contributed by atoms with Gasteiger partial charge in [-0.1, -0.05) is 37.3 Å². The number of hydrogen-bond donors (Lipinski definition) is 4. The van der Waals surface area contributed by atoms with Gasteiger partial charge in [0.25, 0.3) is 5.91 Å². The van der Waals surface area contributed by atoms with E-state index in [9.17, 15) is 9.18 Å². The Balaban J connectivity index is 2.49. The summed E-state index contributed by atoms with van der Waals surface area (Å²) >= 11 is 0. The fourth-order valence-corrected chi connectivity index (χ4v) is 2.47. The molecule has 2 aromatic carbocycles. The summed E-state index contributed by atoms with van der Waals surface area (Å²) in [6, 6.07) is 9.96. The largest absolute Gasteiger partial charge is 0.398 e. The fraction of sp³-hybridized carbons (Fsp3) is 0.211. The van der Waals surface area contributed by atoms with Gasteiger partial charge in [-0.25, -0.2) is 4.39 Å². The number of nitrogens with two attached hydrogens (primary N) is 3. The molecule has 0 saturated heterocycles. The number of para-hydroxylation sites is 1. The summed E-state index contributed by atoms with van der Waals surface area (Å²) < 4.78 is 14.3. The van der Waals surface area contributed by atoms with Gasteiger partial charge in [-0.05, 0) is 25.0 Å². The highest BCUT2D eigenvalue weighted by molar-refractivity contribution is 6.01. The van der Waals surface area contributed by atoms with Gasteiger partial charge in [0, 0.05) is 28.9 Å². The molecular weight excluding hydrogens is 319 g/mol. The third-order valence-corrected chi connectivity index (χ3v) is 3.88.